The summed E-state index contributed by atoms with van der Waals surface area (Å²) in [6, 6.07) is 17.6. The molecule has 1 atom stereocenters. The molecule has 0 saturated carbocycles. The van der Waals surface area contributed by atoms with Gasteiger partial charge >= 0.3 is 11.8 Å². The third-order valence-electron chi connectivity index (χ3n) is 4.68. The Hall–Kier alpha value is -2.99. The van der Waals surface area contributed by atoms with Crippen LogP contribution >= 0.6 is 11.3 Å². The number of hydrogen-bond acceptors (Lipinski definition) is 4. The molecule has 2 amide bonds. The van der Waals surface area contributed by atoms with Crippen molar-refractivity contribution in [3.05, 3.63) is 76.3 Å². The summed E-state index contributed by atoms with van der Waals surface area (Å²) in [6.45, 7) is 6.28. The van der Waals surface area contributed by atoms with Crippen LogP contribution in [0.5, 0.6) is 0 Å². The number of benzene rings is 2. The molecule has 1 heterocycles. The predicted molar refractivity (Wildman–Crippen MR) is 117 cm³/mol. The van der Waals surface area contributed by atoms with Gasteiger partial charge in [0, 0.05) is 23.4 Å². The lowest BCUT2D eigenvalue weighted by Crippen LogP contribution is -2.41. The van der Waals surface area contributed by atoms with E-state index in [4.69, 9.17) is 0 Å². The molecule has 6 heteroatoms. The highest BCUT2D eigenvalue weighted by Gasteiger charge is 2.17. The molecule has 1 aromatic heterocycles. The first-order valence-corrected chi connectivity index (χ1v) is 10.4. The SMILES string of the molecule is Cc1ccc(-c2nc(C)c(CCNC(=O)C(=O)N[C@H](C)c3ccccc3)s2)cc1. The Morgan fingerprint density at radius 2 is 1.69 bits per heavy atom. The zero-order valence-electron chi connectivity index (χ0n) is 16.9. The average Bonchev–Trinajstić information content (AvgIpc) is 3.09. The molecule has 0 bridgehead atoms. The van der Waals surface area contributed by atoms with Crippen LogP contribution in [0.3, 0.4) is 0 Å². The molecular formula is C23H25N3O2S. The molecule has 0 aliphatic carbocycles. The molecule has 2 N–H and O–H groups in total. The fourth-order valence-electron chi connectivity index (χ4n) is 2.94. The molecule has 3 rings (SSSR count). The van der Waals surface area contributed by atoms with E-state index in [2.05, 4.69) is 46.8 Å². The van der Waals surface area contributed by atoms with Crippen LogP contribution in [-0.2, 0) is 16.0 Å². The van der Waals surface area contributed by atoms with Crippen LogP contribution in [0, 0.1) is 13.8 Å². The minimum Gasteiger partial charge on any atom is -0.347 e. The largest absolute Gasteiger partial charge is 0.347 e. The maximum Gasteiger partial charge on any atom is 0.309 e. The number of rotatable bonds is 6. The zero-order chi connectivity index (χ0) is 20.8. The Bertz CT molecular complexity index is 981. The van der Waals surface area contributed by atoms with Gasteiger partial charge in [-0.3, -0.25) is 9.59 Å². The lowest BCUT2D eigenvalue weighted by Gasteiger charge is -2.13. The van der Waals surface area contributed by atoms with E-state index < -0.39 is 11.8 Å². The summed E-state index contributed by atoms with van der Waals surface area (Å²) in [4.78, 5) is 30.0. The first-order chi connectivity index (χ1) is 13.9. The second-order valence-electron chi connectivity index (χ2n) is 7.01. The first kappa shape index (κ1) is 20.7. The number of nitrogens with zero attached hydrogens (tertiary/aromatic N) is 1. The topological polar surface area (TPSA) is 71.1 Å². The van der Waals surface area contributed by atoms with E-state index in [1.165, 1.54) is 5.56 Å². The summed E-state index contributed by atoms with van der Waals surface area (Å²) >= 11 is 1.62. The van der Waals surface area contributed by atoms with E-state index in [-0.39, 0.29) is 6.04 Å². The number of aryl methyl sites for hydroxylation is 2. The predicted octanol–water partition coefficient (Wildman–Crippen LogP) is 3.96. The van der Waals surface area contributed by atoms with Crippen molar-refractivity contribution in [1.82, 2.24) is 15.6 Å². The Morgan fingerprint density at radius 3 is 2.38 bits per heavy atom. The van der Waals surface area contributed by atoms with Crippen molar-refractivity contribution in [1.29, 1.82) is 0 Å². The van der Waals surface area contributed by atoms with Gasteiger partial charge in [-0.25, -0.2) is 4.98 Å². The monoisotopic (exact) mass is 407 g/mol. The normalized spacial score (nSPS) is 11.7. The van der Waals surface area contributed by atoms with Crippen LogP contribution in [0.25, 0.3) is 10.6 Å². The molecule has 0 spiro atoms. The standard InChI is InChI=1S/C23H25N3O2S/c1-15-9-11-19(12-10-15)23-26-17(3)20(29-23)13-14-24-21(27)22(28)25-16(2)18-7-5-4-6-8-18/h4-12,16H,13-14H2,1-3H3,(H,24,27)(H,25,28)/t16-/m1/s1. The third kappa shape index (κ3) is 5.51. The quantitative estimate of drug-likeness (QED) is 0.608. The molecule has 3 aromatic rings. The van der Waals surface area contributed by atoms with E-state index in [1.54, 1.807) is 11.3 Å². The molecule has 0 saturated heterocycles. The van der Waals surface area contributed by atoms with Crippen molar-refractivity contribution in [3.63, 3.8) is 0 Å². The van der Waals surface area contributed by atoms with Gasteiger partial charge in [0.15, 0.2) is 0 Å². The molecule has 0 aliphatic rings. The maximum atomic E-state index is 12.1. The van der Waals surface area contributed by atoms with Crippen LogP contribution < -0.4 is 10.6 Å². The highest BCUT2D eigenvalue weighted by Crippen LogP contribution is 2.28. The summed E-state index contributed by atoms with van der Waals surface area (Å²) in [5.41, 5.74) is 4.22. The lowest BCUT2D eigenvalue weighted by molar-refractivity contribution is -0.139. The highest BCUT2D eigenvalue weighted by atomic mass is 32.1. The van der Waals surface area contributed by atoms with Gasteiger partial charge in [-0.2, -0.15) is 0 Å². The minimum absolute atomic E-state index is 0.227. The summed E-state index contributed by atoms with van der Waals surface area (Å²) in [7, 11) is 0. The number of carbonyl (C=O) groups is 2. The molecule has 5 nitrogen and oxygen atoms in total. The molecular weight excluding hydrogens is 382 g/mol. The van der Waals surface area contributed by atoms with E-state index >= 15 is 0 Å². The van der Waals surface area contributed by atoms with Crippen molar-refractivity contribution < 1.29 is 9.59 Å². The van der Waals surface area contributed by atoms with Crippen molar-refractivity contribution in [2.45, 2.75) is 33.2 Å². The summed E-state index contributed by atoms with van der Waals surface area (Å²) in [6.07, 6.45) is 0.641. The molecule has 29 heavy (non-hydrogen) atoms. The van der Waals surface area contributed by atoms with Crippen molar-refractivity contribution >= 4 is 23.2 Å². The molecule has 0 radical (unpaired) electrons. The number of thiazole rings is 1. The Morgan fingerprint density at radius 1 is 1.00 bits per heavy atom. The Balaban J connectivity index is 1.51. The van der Waals surface area contributed by atoms with Crippen molar-refractivity contribution in [2.24, 2.45) is 0 Å². The van der Waals surface area contributed by atoms with Gasteiger partial charge in [-0.1, -0.05) is 60.2 Å². The molecule has 0 aliphatic heterocycles. The number of hydrogen-bond donors (Lipinski definition) is 2. The number of carbonyl (C=O) groups excluding carboxylic acids is 2. The Labute approximate surface area is 175 Å². The van der Waals surface area contributed by atoms with E-state index in [0.717, 1.165) is 26.7 Å². The van der Waals surface area contributed by atoms with Crippen LogP contribution in [0.1, 0.15) is 34.7 Å². The highest BCUT2D eigenvalue weighted by molar-refractivity contribution is 7.15. The van der Waals surface area contributed by atoms with Gasteiger partial charge in [0.1, 0.15) is 5.01 Å². The minimum atomic E-state index is -0.622. The van der Waals surface area contributed by atoms with Crippen LogP contribution in [0.2, 0.25) is 0 Å². The number of aromatic nitrogens is 1. The summed E-state index contributed by atoms with van der Waals surface area (Å²) in [5.74, 6) is -1.24. The summed E-state index contributed by atoms with van der Waals surface area (Å²) in [5, 5.41) is 6.40. The zero-order valence-corrected chi connectivity index (χ0v) is 17.7. The van der Waals surface area contributed by atoms with Crippen LogP contribution in [0.15, 0.2) is 54.6 Å². The second kappa shape index (κ2) is 9.47. The lowest BCUT2D eigenvalue weighted by atomic mass is 10.1. The Kier molecular flexibility index (Phi) is 6.77. The van der Waals surface area contributed by atoms with Gasteiger partial charge in [-0.15, -0.1) is 11.3 Å². The van der Waals surface area contributed by atoms with Crippen molar-refractivity contribution in [2.75, 3.05) is 6.54 Å². The molecule has 2 aromatic carbocycles. The van der Waals surface area contributed by atoms with Gasteiger partial charge in [0.2, 0.25) is 0 Å². The number of nitrogens with one attached hydrogen (secondary N) is 2. The van der Waals surface area contributed by atoms with Crippen molar-refractivity contribution in [3.8, 4) is 10.6 Å². The second-order valence-corrected chi connectivity index (χ2v) is 8.09. The molecule has 0 fully saturated rings. The number of amides is 2. The smallest absolute Gasteiger partial charge is 0.309 e. The summed E-state index contributed by atoms with van der Waals surface area (Å²) < 4.78 is 0. The maximum absolute atomic E-state index is 12.1. The fourth-order valence-corrected chi connectivity index (χ4v) is 4.00. The van der Waals surface area contributed by atoms with Crippen LogP contribution in [-0.4, -0.2) is 23.3 Å². The molecule has 0 unspecified atom stereocenters. The third-order valence-corrected chi connectivity index (χ3v) is 5.95. The van der Waals surface area contributed by atoms with E-state index in [9.17, 15) is 9.59 Å². The molecule has 150 valence electrons. The van der Waals surface area contributed by atoms with Gasteiger partial charge in [-0.05, 0) is 26.3 Å². The first-order valence-electron chi connectivity index (χ1n) is 9.61. The average molecular weight is 408 g/mol. The van der Waals surface area contributed by atoms with E-state index in [0.29, 0.717) is 13.0 Å². The fraction of sp³-hybridized carbons (Fsp3) is 0.261. The van der Waals surface area contributed by atoms with Gasteiger partial charge in [0.25, 0.3) is 0 Å². The van der Waals surface area contributed by atoms with Gasteiger partial charge in [0.05, 0.1) is 11.7 Å². The van der Waals surface area contributed by atoms with Crippen LogP contribution in [0.4, 0.5) is 0 Å². The van der Waals surface area contributed by atoms with Gasteiger partial charge < -0.3 is 10.6 Å². The van der Waals surface area contributed by atoms with E-state index in [1.807, 2.05) is 44.2 Å².